The van der Waals surface area contributed by atoms with Crippen molar-refractivity contribution < 1.29 is 4.79 Å². The molecule has 7 nitrogen and oxygen atoms in total. The summed E-state index contributed by atoms with van der Waals surface area (Å²) in [4.78, 5) is 12.3. The largest absolute Gasteiger partial charge is 0.360 e. The Bertz CT molecular complexity index is 913. The van der Waals surface area contributed by atoms with E-state index in [2.05, 4.69) is 32.9 Å². The van der Waals surface area contributed by atoms with Gasteiger partial charge in [0.2, 0.25) is 11.0 Å². The minimum absolute atomic E-state index is 0.124. The summed E-state index contributed by atoms with van der Waals surface area (Å²) < 4.78 is 2.48. The molecule has 3 rings (SSSR count). The van der Waals surface area contributed by atoms with Gasteiger partial charge in [0, 0.05) is 17.6 Å². The van der Waals surface area contributed by atoms with Crippen LogP contribution in [0, 0.1) is 0 Å². The predicted molar refractivity (Wildman–Crippen MR) is 115 cm³/mol. The second-order valence-corrected chi connectivity index (χ2v) is 8.56. The molecular weight excluding hydrogens is 416 g/mol. The van der Waals surface area contributed by atoms with Crippen molar-refractivity contribution in [2.75, 3.05) is 22.9 Å². The van der Waals surface area contributed by atoms with E-state index in [1.807, 2.05) is 24.3 Å². The summed E-state index contributed by atoms with van der Waals surface area (Å²) in [7, 11) is 0. The van der Waals surface area contributed by atoms with E-state index in [-0.39, 0.29) is 11.7 Å². The quantitative estimate of drug-likeness (QED) is 0.362. The van der Waals surface area contributed by atoms with Crippen molar-refractivity contribution in [2.45, 2.75) is 30.6 Å². The highest BCUT2D eigenvalue weighted by molar-refractivity contribution is 8.01. The van der Waals surface area contributed by atoms with E-state index in [0.717, 1.165) is 34.4 Å². The number of hydrogen-bond acceptors (Lipinski definition) is 7. The lowest BCUT2D eigenvalue weighted by Crippen LogP contribution is -2.17. The van der Waals surface area contributed by atoms with Crippen LogP contribution in [0.5, 0.6) is 0 Å². The van der Waals surface area contributed by atoms with Gasteiger partial charge in [0.15, 0.2) is 4.34 Å². The average molecular weight is 437 g/mol. The Morgan fingerprint density at radius 1 is 1.29 bits per heavy atom. The van der Waals surface area contributed by atoms with Crippen molar-refractivity contribution >= 4 is 51.6 Å². The molecule has 3 aromatic rings. The molecule has 1 aromatic carbocycles. The number of unbranched alkanes of at least 4 members (excludes halogenated alkanes) is 1. The van der Waals surface area contributed by atoms with Gasteiger partial charge in [0.25, 0.3) is 0 Å². The number of benzene rings is 1. The van der Waals surface area contributed by atoms with Crippen LogP contribution in [0.1, 0.15) is 25.3 Å². The van der Waals surface area contributed by atoms with E-state index in [1.165, 1.54) is 23.1 Å². The lowest BCUT2D eigenvalue weighted by molar-refractivity contribution is -0.113. The zero-order valence-electron chi connectivity index (χ0n) is 15.4. The van der Waals surface area contributed by atoms with Gasteiger partial charge in [-0.1, -0.05) is 66.2 Å². The normalized spacial score (nSPS) is 10.8. The Kier molecular flexibility index (Phi) is 7.70. The van der Waals surface area contributed by atoms with Crippen LogP contribution >= 0.6 is 34.7 Å². The average Bonchev–Trinajstić information content (AvgIpc) is 3.32. The van der Waals surface area contributed by atoms with Crippen LogP contribution in [-0.4, -0.2) is 38.2 Å². The standard InChI is InChI=1S/C18H21ClN6OS2/c1-2-3-9-20-17-23-24-18(28-17)27-12-16(26)22-15-8-10-21-25(15)11-13-6-4-5-7-14(13)19/h4-8,10H,2-3,9,11-12H2,1H3,(H,20,23)(H,22,26). The van der Waals surface area contributed by atoms with Gasteiger partial charge in [-0.05, 0) is 18.1 Å². The molecule has 0 unspecified atom stereocenters. The lowest BCUT2D eigenvalue weighted by Gasteiger charge is -2.09. The SMILES string of the molecule is CCCCNc1nnc(SCC(=O)Nc2ccnn2Cc2ccccc2Cl)s1. The maximum Gasteiger partial charge on any atom is 0.235 e. The molecule has 1 amide bonds. The summed E-state index contributed by atoms with van der Waals surface area (Å²) in [6.45, 7) is 3.51. The first-order chi connectivity index (χ1) is 13.7. The van der Waals surface area contributed by atoms with Crippen LogP contribution in [0.25, 0.3) is 0 Å². The summed E-state index contributed by atoms with van der Waals surface area (Å²) in [5.41, 5.74) is 0.940. The van der Waals surface area contributed by atoms with Gasteiger partial charge in [-0.25, -0.2) is 4.68 Å². The number of nitrogens with one attached hydrogen (secondary N) is 2. The molecule has 0 bridgehead atoms. The number of hydrogen-bond donors (Lipinski definition) is 2. The molecule has 148 valence electrons. The third-order valence-electron chi connectivity index (χ3n) is 3.80. The number of aromatic nitrogens is 4. The fourth-order valence-corrected chi connectivity index (χ4v) is 4.14. The molecule has 0 saturated heterocycles. The number of rotatable bonds is 10. The first-order valence-electron chi connectivity index (χ1n) is 8.91. The molecule has 0 aliphatic heterocycles. The second kappa shape index (κ2) is 10.4. The van der Waals surface area contributed by atoms with Gasteiger partial charge >= 0.3 is 0 Å². The van der Waals surface area contributed by atoms with Crippen LogP contribution in [-0.2, 0) is 11.3 Å². The number of halogens is 1. The monoisotopic (exact) mass is 436 g/mol. The number of carbonyl (C=O) groups is 1. The maximum absolute atomic E-state index is 12.3. The summed E-state index contributed by atoms with van der Waals surface area (Å²) in [5, 5.41) is 20.0. The molecule has 0 saturated carbocycles. The van der Waals surface area contributed by atoms with Crippen LogP contribution in [0.15, 0.2) is 40.9 Å². The van der Waals surface area contributed by atoms with Gasteiger partial charge in [0.1, 0.15) is 5.82 Å². The van der Waals surface area contributed by atoms with Crippen LogP contribution in [0.2, 0.25) is 5.02 Å². The van der Waals surface area contributed by atoms with Gasteiger partial charge in [-0.15, -0.1) is 10.2 Å². The lowest BCUT2D eigenvalue weighted by atomic mass is 10.2. The summed E-state index contributed by atoms with van der Waals surface area (Å²) >= 11 is 9.03. The highest BCUT2D eigenvalue weighted by atomic mass is 35.5. The number of carbonyl (C=O) groups excluding carboxylic acids is 1. The molecule has 10 heteroatoms. The van der Waals surface area contributed by atoms with Gasteiger partial charge in [0.05, 0.1) is 18.5 Å². The molecule has 28 heavy (non-hydrogen) atoms. The van der Waals surface area contributed by atoms with Crippen molar-refractivity contribution in [3.63, 3.8) is 0 Å². The van der Waals surface area contributed by atoms with Crippen molar-refractivity contribution in [2.24, 2.45) is 0 Å². The Balaban J connectivity index is 1.51. The van der Waals surface area contributed by atoms with Crippen molar-refractivity contribution in [3.05, 3.63) is 47.1 Å². The molecule has 0 atom stereocenters. The highest BCUT2D eigenvalue weighted by Gasteiger charge is 2.11. The van der Waals surface area contributed by atoms with E-state index < -0.39 is 0 Å². The molecule has 0 aliphatic carbocycles. The summed E-state index contributed by atoms with van der Waals surface area (Å²) in [6, 6.07) is 9.34. The molecule has 2 heterocycles. The van der Waals surface area contributed by atoms with Gasteiger partial charge in [-0.2, -0.15) is 5.10 Å². The first kappa shape index (κ1) is 20.6. The van der Waals surface area contributed by atoms with E-state index in [4.69, 9.17) is 11.6 Å². The van der Waals surface area contributed by atoms with Gasteiger partial charge < -0.3 is 10.6 Å². The molecule has 0 fully saturated rings. The Morgan fingerprint density at radius 3 is 2.96 bits per heavy atom. The summed E-state index contributed by atoms with van der Waals surface area (Å²) in [5.74, 6) is 0.757. The molecule has 2 aromatic heterocycles. The fraction of sp³-hybridized carbons (Fsp3) is 0.333. The van der Waals surface area contributed by atoms with Crippen LogP contribution in [0.3, 0.4) is 0 Å². The Morgan fingerprint density at radius 2 is 2.14 bits per heavy atom. The Hall–Kier alpha value is -2.10. The number of thioether (sulfide) groups is 1. The Labute approximate surface area is 176 Å². The zero-order valence-corrected chi connectivity index (χ0v) is 17.8. The van der Waals surface area contributed by atoms with Crippen molar-refractivity contribution in [1.82, 2.24) is 20.0 Å². The van der Waals surface area contributed by atoms with Crippen molar-refractivity contribution in [3.8, 4) is 0 Å². The zero-order chi connectivity index (χ0) is 19.8. The third-order valence-corrected chi connectivity index (χ3v) is 6.18. The maximum atomic E-state index is 12.3. The van der Waals surface area contributed by atoms with Gasteiger partial charge in [-0.3, -0.25) is 4.79 Å². The fourth-order valence-electron chi connectivity index (χ4n) is 2.37. The highest BCUT2D eigenvalue weighted by Crippen LogP contribution is 2.25. The number of amides is 1. The molecule has 2 N–H and O–H groups in total. The van der Waals surface area contributed by atoms with Crippen LogP contribution < -0.4 is 10.6 Å². The second-order valence-electron chi connectivity index (χ2n) is 5.96. The predicted octanol–water partition coefficient (Wildman–Crippen LogP) is 4.38. The molecule has 0 spiro atoms. The van der Waals surface area contributed by atoms with E-state index in [9.17, 15) is 4.79 Å². The van der Waals surface area contributed by atoms with E-state index >= 15 is 0 Å². The van der Waals surface area contributed by atoms with Crippen molar-refractivity contribution in [1.29, 1.82) is 0 Å². The minimum atomic E-state index is -0.124. The number of anilines is 2. The van der Waals surface area contributed by atoms with Crippen LogP contribution in [0.4, 0.5) is 10.9 Å². The summed E-state index contributed by atoms with van der Waals surface area (Å²) in [6.07, 6.45) is 3.87. The molecular formula is C18H21ClN6OS2. The number of nitrogens with zero attached hydrogens (tertiary/aromatic N) is 4. The molecule has 0 aliphatic rings. The van der Waals surface area contributed by atoms with E-state index in [1.54, 1.807) is 16.9 Å². The first-order valence-corrected chi connectivity index (χ1v) is 11.1. The third kappa shape index (κ3) is 5.95. The smallest absolute Gasteiger partial charge is 0.235 e. The molecule has 0 radical (unpaired) electrons. The van der Waals surface area contributed by atoms with E-state index in [0.29, 0.717) is 17.4 Å². The minimum Gasteiger partial charge on any atom is -0.360 e. The topological polar surface area (TPSA) is 84.7 Å².